The van der Waals surface area contributed by atoms with E-state index >= 15 is 0 Å². The van der Waals surface area contributed by atoms with Crippen LogP contribution >= 0.6 is 0 Å². The van der Waals surface area contributed by atoms with Crippen LogP contribution in [0.3, 0.4) is 0 Å². The molecule has 0 bridgehead atoms. The highest BCUT2D eigenvalue weighted by atomic mass is 16.7. The summed E-state index contributed by atoms with van der Waals surface area (Å²) in [5.74, 6) is -0.479. The van der Waals surface area contributed by atoms with Gasteiger partial charge in [-0.15, -0.1) is 0 Å². The van der Waals surface area contributed by atoms with Crippen LogP contribution in [0.1, 0.15) is 48.0 Å². The van der Waals surface area contributed by atoms with Gasteiger partial charge in [0.25, 0.3) is 0 Å². The van der Waals surface area contributed by atoms with Crippen LogP contribution in [0.25, 0.3) is 11.1 Å². The molecule has 3 aromatic rings. The topological polar surface area (TPSA) is 119 Å². The van der Waals surface area contributed by atoms with Crippen LogP contribution in [0.2, 0.25) is 0 Å². The number of hydrogen-bond acceptors (Lipinski definition) is 8. The van der Waals surface area contributed by atoms with Crippen molar-refractivity contribution in [3.63, 3.8) is 0 Å². The minimum atomic E-state index is -0.536. The summed E-state index contributed by atoms with van der Waals surface area (Å²) < 4.78 is 23.4. The second-order valence-corrected chi connectivity index (χ2v) is 10.9. The first kappa shape index (κ1) is 31.6. The fraction of sp³-hybridized carbons (Fsp3) is 0.412. The molecule has 0 unspecified atom stereocenters. The summed E-state index contributed by atoms with van der Waals surface area (Å²) in [4.78, 5) is 26.1. The van der Waals surface area contributed by atoms with E-state index in [1.165, 1.54) is 0 Å². The van der Waals surface area contributed by atoms with Crippen molar-refractivity contribution >= 4 is 12.0 Å². The van der Waals surface area contributed by atoms with Gasteiger partial charge in [0.05, 0.1) is 38.6 Å². The molecule has 0 saturated carbocycles. The quantitative estimate of drug-likeness (QED) is 0.281. The lowest BCUT2D eigenvalue weighted by Gasteiger charge is -2.39. The first-order valence-corrected chi connectivity index (χ1v) is 15.2. The minimum absolute atomic E-state index is 0.00537. The number of aliphatic hydroxyl groups is 1. The molecule has 0 radical (unpaired) electrons. The Bertz CT molecular complexity index is 1360. The molecule has 2 fully saturated rings. The summed E-state index contributed by atoms with van der Waals surface area (Å²) in [6.07, 6.45) is 0.0363. The highest BCUT2D eigenvalue weighted by molar-refractivity contribution is 5.81. The van der Waals surface area contributed by atoms with Gasteiger partial charge in [0.2, 0.25) is 0 Å². The third-order valence-electron chi connectivity index (χ3n) is 7.83. The first-order valence-electron chi connectivity index (χ1n) is 15.2. The maximum Gasteiger partial charge on any atom is 0.325 e. The number of rotatable bonds is 11. The molecule has 3 aromatic carbocycles. The number of morpholine rings is 1. The molecule has 2 aliphatic rings. The lowest BCUT2D eigenvalue weighted by Crippen LogP contribution is -2.44. The van der Waals surface area contributed by atoms with Gasteiger partial charge in [-0.2, -0.15) is 0 Å². The Morgan fingerprint density at radius 1 is 0.932 bits per heavy atom. The van der Waals surface area contributed by atoms with E-state index in [1.54, 1.807) is 6.92 Å². The molecule has 2 heterocycles. The predicted octanol–water partition coefficient (Wildman–Crippen LogP) is 4.09. The summed E-state index contributed by atoms with van der Waals surface area (Å²) in [5.41, 5.74) is 5.77. The third-order valence-corrected chi connectivity index (χ3v) is 7.83. The molecular weight excluding hydrogens is 562 g/mol. The number of urea groups is 1. The Morgan fingerprint density at radius 2 is 1.66 bits per heavy atom. The summed E-state index contributed by atoms with van der Waals surface area (Å²) >= 11 is 0. The minimum Gasteiger partial charge on any atom is -0.465 e. The summed E-state index contributed by atoms with van der Waals surface area (Å²) in [5, 5.41) is 14.8. The second kappa shape index (κ2) is 15.8. The molecule has 2 aliphatic heterocycles. The second-order valence-electron chi connectivity index (χ2n) is 10.9. The van der Waals surface area contributed by atoms with Gasteiger partial charge >= 0.3 is 12.0 Å². The summed E-state index contributed by atoms with van der Waals surface area (Å²) in [7, 11) is 0. The van der Waals surface area contributed by atoms with Crippen LogP contribution in [0.15, 0.2) is 72.8 Å². The van der Waals surface area contributed by atoms with Gasteiger partial charge in [-0.1, -0.05) is 72.8 Å². The molecule has 0 aliphatic carbocycles. The Kier molecular flexibility index (Phi) is 11.3. The van der Waals surface area contributed by atoms with Crippen molar-refractivity contribution in [1.82, 2.24) is 15.5 Å². The Hall–Kier alpha value is -3.80. The molecule has 10 nitrogen and oxygen atoms in total. The predicted molar refractivity (Wildman–Crippen MR) is 164 cm³/mol. The van der Waals surface area contributed by atoms with Crippen LogP contribution in [0.5, 0.6) is 0 Å². The number of carbonyl (C=O) groups excluding carboxylic acids is 2. The molecule has 5 rings (SSSR count). The van der Waals surface area contributed by atoms with E-state index in [4.69, 9.17) is 18.9 Å². The molecule has 0 spiro atoms. The van der Waals surface area contributed by atoms with Crippen molar-refractivity contribution in [2.45, 2.75) is 45.0 Å². The number of benzene rings is 3. The number of ether oxygens (including phenoxy) is 4. The number of carbonyl (C=O) groups is 2. The van der Waals surface area contributed by atoms with Crippen molar-refractivity contribution in [3.8, 4) is 11.1 Å². The zero-order valence-electron chi connectivity index (χ0n) is 25.1. The zero-order valence-corrected chi connectivity index (χ0v) is 25.1. The van der Waals surface area contributed by atoms with Crippen molar-refractivity contribution < 1.29 is 33.6 Å². The summed E-state index contributed by atoms with van der Waals surface area (Å²) in [6, 6.07) is 23.5. The Morgan fingerprint density at radius 3 is 2.39 bits per heavy atom. The molecule has 10 heteroatoms. The van der Waals surface area contributed by atoms with Gasteiger partial charge in [0, 0.05) is 38.2 Å². The Labute approximate surface area is 258 Å². The molecule has 3 atom stereocenters. The number of esters is 1. The molecule has 2 amide bonds. The van der Waals surface area contributed by atoms with E-state index in [0.29, 0.717) is 6.54 Å². The van der Waals surface area contributed by atoms with E-state index < -0.39 is 18.3 Å². The number of hydrogen-bond donors (Lipinski definition) is 3. The fourth-order valence-corrected chi connectivity index (χ4v) is 5.48. The highest BCUT2D eigenvalue weighted by Crippen LogP contribution is 2.39. The van der Waals surface area contributed by atoms with Gasteiger partial charge in [-0.3, -0.25) is 9.69 Å². The van der Waals surface area contributed by atoms with Gasteiger partial charge < -0.3 is 34.7 Å². The van der Waals surface area contributed by atoms with Crippen molar-refractivity contribution in [2.24, 2.45) is 0 Å². The Balaban J connectivity index is 1.28. The molecule has 234 valence electrons. The lowest BCUT2D eigenvalue weighted by molar-refractivity contribution is -0.253. The average Bonchev–Trinajstić information content (AvgIpc) is 3.07. The van der Waals surface area contributed by atoms with Crippen molar-refractivity contribution in [3.05, 3.63) is 95.1 Å². The van der Waals surface area contributed by atoms with E-state index in [0.717, 1.165) is 72.6 Å². The lowest BCUT2D eigenvalue weighted by atomic mass is 9.97. The van der Waals surface area contributed by atoms with Gasteiger partial charge in [0.1, 0.15) is 6.54 Å². The van der Waals surface area contributed by atoms with Crippen LogP contribution in [0, 0.1) is 0 Å². The number of amides is 2. The normalized spacial score (nSPS) is 20.5. The number of nitrogens with zero attached hydrogens (tertiary/aromatic N) is 1. The van der Waals surface area contributed by atoms with E-state index in [9.17, 15) is 14.7 Å². The van der Waals surface area contributed by atoms with E-state index in [-0.39, 0.29) is 32.0 Å². The van der Waals surface area contributed by atoms with Crippen LogP contribution < -0.4 is 10.6 Å². The van der Waals surface area contributed by atoms with E-state index in [1.807, 2.05) is 72.8 Å². The number of aliphatic hydroxyl groups excluding tert-OH is 1. The van der Waals surface area contributed by atoms with Gasteiger partial charge in [-0.25, -0.2) is 4.79 Å². The molecule has 0 aromatic heterocycles. The van der Waals surface area contributed by atoms with Crippen LogP contribution in [-0.4, -0.2) is 74.1 Å². The highest BCUT2D eigenvalue weighted by Gasteiger charge is 2.33. The SMILES string of the molecule is CCOC(=O)CNC(=O)NCc1ccccc1-c1ccc([C@H]2O[C@@H](CN3CCOCC3)C[C@@H](c3ccc(CO)cc3)O2)cc1. The number of nitrogens with one attached hydrogen (secondary N) is 2. The molecular formula is C34H41N3O7. The average molecular weight is 604 g/mol. The largest absolute Gasteiger partial charge is 0.465 e. The maximum atomic E-state index is 12.2. The summed E-state index contributed by atoms with van der Waals surface area (Å²) in [6.45, 7) is 6.14. The third kappa shape index (κ3) is 8.64. The van der Waals surface area contributed by atoms with Crippen molar-refractivity contribution in [2.75, 3.05) is 46.0 Å². The molecule has 2 saturated heterocycles. The molecule has 44 heavy (non-hydrogen) atoms. The van der Waals surface area contributed by atoms with Crippen LogP contribution in [0.4, 0.5) is 4.79 Å². The first-order chi connectivity index (χ1) is 21.5. The molecule has 3 N–H and O–H groups in total. The monoisotopic (exact) mass is 603 g/mol. The van der Waals surface area contributed by atoms with E-state index in [2.05, 4.69) is 15.5 Å². The van der Waals surface area contributed by atoms with Gasteiger partial charge in [0.15, 0.2) is 6.29 Å². The standard InChI is InChI=1S/C34H41N3O7/c1-2-42-32(39)21-36-34(40)35-20-28-5-3-4-6-30(28)25-11-13-27(14-12-25)33-43-29(22-37-15-17-41-18-16-37)19-31(44-33)26-9-7-24(23-38)8-10-26/h3-14,29,31,33,38H,2,15-23H2,1H3,(H2,35,36,40)/t29-,31+,33+/m1/s1. The van der Waals surface area contributed by atoms with Gasteiger partial charge in [-0.05, 0) is 34.7 Å². The smallest absolute Gasteiger partial charge is 0.325 e. The van der Waals surface area contributed by atoms with Crippen molar-refractivity contribution in [1.29, 1.82) is 0 Å². The fourth-order valence-electron chi connectivity index (χ4n) is 5.48. The van der Waals surface area contributed by atoms with Crippen LogP contribution in [-0.2, 0) is 36.9 Å². The zero-order chi connectivity index (χ0) is 30.7. The maximum absolute atomic E-state index is 12.2.